The normalized spacial score (nSPS) is 11.8. The Hall–Kier alpha value is -2.07. The van der Waals surface area contributed by atoms with E-state index in [2.05, 4.69) is 5.32 Å². The van der Waals surface area contributed by atoms with Gasteiger partial charge in [-0.15, -0.1) is 11.8 Å². The molecule has 1 amide bonds. The van der Waals surface area contributed by atoms with Gasteiger partial charge in [-0.05, 0) is 31.5 Å². The lowest BCUT2D eigenvalue weighted by molar-refractivity contribution is -0.119. The average Bonchev–Trinajstić information content (AvgIpc) is 2.53. The minimum Gasteiger partial charge on any atom is -0.350 e. The molecule has 0 saturated heterocycles. The second-order valence-corrected chi connectivity index (χ2v) is 6.62. The summed E-state index contributed by atoms with van der Waals surface area (Å²) in [4.78, 5) is 24.4. The smallest absolute Gasteiger partial charge is 0.217 e. The molecule has 0 unspecified atom stereocenters. The first-order valence-corrected chi connectivity index (χ1v) is 8.54. The highest BCUT2D eigenvalue weighted by atomic mass is 32.2. The maximum atomic E-state index is 12.3. The van der Waals surface area contributed by atoms with Gasteiger partial charge in [0.05, 0.1) is 11.8 Å². The van der Waals surface area contributed by atoms with E-state index < -0.39 is 0 Å². The zero-order chi connectivity index (χ0) is 16.8. The summed E-state index contributed by atoms with van der Waals surface area (Å²) in [7, 11) is 0. The van der Waals surface area contributed by atoms with Gasteiger partial charge >= 0.3 is 0 Å². The lowest BCUT2D eigenvalue weighted by atomic mass is 10.0. The van der Waals surface area contributed by atoms with Crippen LogP contribution in [0.2, 0.25) is 0 Å². The summed E-state index contributed by atoms with van der Waals surface area (Å²) in [6, 6.07) is 15.5. The molecule has 0 bridgehead atoms. The number of amides is 1. The van der Waals surface area contributed by atoms with Crippen LogP contribution in [0.3, 0.4) is 0 Å². The van der Waals surface area contributed by atoms with E-state index in [1.807, 2.05) is 62.4 Å². The van der Waals surface area contributed by atoms with Crippen LogP contribution in [-0.4, -0.2) is 17.4 Å². The zero-order valence-corrected chi connectivity index (χ0v) is 14.4. The molecule has 3 nitrogen and oxygen atoms in total. The Balaban J connectivity index is 1.94. The van der Waals surface area contributed by atoms with Gasteiger partial charge in [0.1, 0.15) is 0 Å². The van der Waals surface area contributed by atoms with Crippen molar-refractivity contribution in [2.24, 2.45) is 0 Å². The molecule has 2 aromatic rings. The van der Waals surface area contributed by atoms with Crippen molar-refractivity contribution in [3.05, 3.63) is 65.2 Å². The highest BCUT2D eigenvalue weighted by molar-refractivity contribution is 8.00. The third-order valence-electron chi connectivity index (χ3n) is 3.54. The monoisotopic (exact) mass is 327 g/mol. The fourth-order valence-corrected chi connectivity index (χ4v) is 3.01. The first-order chi connectivity index (χ1) is 11.0. The van der Waals surface area contributed by atoms with Crippen LogP contribution in [0, 0.1) is 6.92 Å². The molecular formula is C19H21NO2S. The molecule has 0 fully saturated rings. The minimum atomic E-state index is -0.0628. The van der Waals surface area contributed by atoms with Crippen LogP contribution >= 0.6 is 11.8 Å². The Bertz CT molecular complexity index is 678. The van der Waals surface area contributed by atoms with E-state index in [-0.39, 0.29) is 17.7 Å². The van der Waals surface area contributed by atoms with Gasteiger partial charge in [0.15, 0.2) is 5.78 Å². The lowest BCUT2D eigenvalue weighted by Crippen LogP contribution is -2.23. The Morgan fingerprint density at radius 1 is 1.04 bits per heavy atom. The van der Waals surface area contributed by atoms with Gasteiger partial charge in [0.25, 0.3) is 0 Å². The molecule has 0 radical (unpaired) electrons. The Kier molecular flexibility index (Phi) is 5.99. The predicted molar refractivity (Wildman–Crippen MR) is 94.9 cm³/mol. The largest absolute Gasteiger partial charge is 0.350 e. The summed E-state index contributed by atoms with van der Waals surface area (Å²) in [5.74, 6) is 0.463. The number of rotatable bonds is 6. The highest BCUT2D eigenvalue weighted by Crippen LogP contribution is 2.20. The van der Waals surface area contributed by atoms with E-state index in [0.29, 0.717) is 11.3 Å². The van der Waals surface area contributed by atoms with Gasteiger partial charge in [-0.2, -0.15) is 0 Å². The number of thioether (sulfide) groups is 1. The molecule has 120 valence electrons. The molecule has 1 atom stereocenters. The molecule has 0 saturated carbocycles. The van der Waals surface area contributed by atoms with Crippen LogP contribution in [0.1, 0.15) is 41.4 Å². The lowest BCUT2D eigenvalue weighted by Gasteiger charge is -2.13. The Morgan fingerprint density at radius 2 is 1.65 bits per heavy atom. The number of carbonyl (C=O) groups excluding carboxylic acids is 2. The summed E-state index contributed by atoms with van der Waals surface area (Å²) in [5.41, 5.74) is 2.90. The SMILES string of the molecule is CC(=O)N[C@H](C)c1ccc(C(=O)CSc2ccc(C)cc2)cc1. The average molecular weight is 327 g/mol. The number of hydrogen-bond donors (Lipinski definition) is 1. The van der Waals surface area contributed by atoms with Gasteiger partial charge in [0, 0.05) is 17.4 Å². The van der Waals surface area contributed by atoms with Gasteiger partial charge in [-0.3, -0.25) is 9.59 Å². The maximum absolute atomic E-state index is 12.3. The molecule has 0 aliphatic rings. The predicted octanol–water partition coefficient (Wildman–Crippen LogP) is 4.17. The highest BCUT2D eigenvalue weighted by Gasteiger charge is 2.10. The number of aryl methyl sites for hydroxylation is 1. The van der Waals surface area contributed by atoms with Gasteiger partial charge in [-0.1, -0.05) is 42.0 Å². The van der Waals surface area contributed by atoms with Crippen molar-refractivity contribution in [1.82, 2.24) is 5.32 Å². The molecule has 0 aromatic heterocycles. The first kappa shape index (κ1) is 17.3. The third-order valence-corrected chi connectivity index (χ3v) is 4.56. The summed E-state index contributed by atoms with van der Waals surface area (Å²) < 4.78 is 0. The van der Waals surface area contributed by atoms with Crippen molar-refractivity contribution in [2.75, 3.05) is 5.75 Å². The van der Waals surface area contributed by atoms with E-state index >= 15 is 0 Å². The van der Waals surface area contributed by atoms with Crippen LogP contribution in [0.4, 0.5) is 0 Å². The summed E-state index contributed by atoms with van der Waals surface area (Å²) >= 11 is 1.54. The van der Waals surface area contributed by atoms with E-state index in [9.17, 15) is 9.59 Å². The van der Waals surface area contributed by atoms with Crippen molar-refractivity contribution in [2.45, 2.75) is 31.7 Å². The standard InChI is InChI=1S/C19H21NO2S/c1-13-4-10-18(11-5-13)23-12-19(22)17-8-6-16(7-9-17)14(2)20-15(3)21/h4-11,14H,12H2,1-3H3,(H,20,21)/t14-/m1/s1. The molecule has 2 aromatic carbocycles. The number of Topliss-reactive ketones (excluding diaryl/α,β-unsaturated/α-hetero) is 1. The topological polar surface area (TPSA) is 46.2 Å². The first-order valence-electron chi connectivity index (χ1n) is 7.55. The molecule has 0 aliphatic heterocycles. The van der Waals surface area contributed by atoms with Crippen molar-refractivity contribution in [1.29, 1.82) is 0 Å². The van der Waals surface area contributed by atoms with Crippen molar-refractivity contribution in [3.63, 3.8) is 0 Å². The Morgan fingerprint density at radius 3 is 2.22 bits per heavy atom. The number of benzene rings is 2. The molecule has 1 N–H and O–H groups in total. The molecule has 23 heavy (non-hydrogen) atoms. The molecule has 0 aliphatic carbocycles. The van der Waals surface area contributed by atoms with Gasteiger partial charge in [0.2, 0.25) is 5.91 Å². The number of nitrogens with one attached hydrogen (secondary N) is 1. The molecular weight excluding hydrogens is 306 g/mol. The van der Waals surface area contributed by atoms with Gasteiger partial charge < -0.3 is 5.32 Å². The van der Waals surface area contributed by atoms with Gasteiger partial charge in [-0.25, -0.2) is 0 Å². The summed E-state index contributed by atoms with van der Waals surface area (Å²) in [6.07, 6.45) is 0. The summed E-state index contributed by atoms with van der Waals surface area (Å²) in [5, 5.41) is 2.83. The van der Waals surface area contributed by atoms with Crippen LogP contribution in [-0.2, 0) is 4.79 Å². The molecule has 2 rings (SSSR count). The zero-order valence-electron chi connectivity index (χ0n) is 13.6. The van der Waals surface area contributed by atoms with Crippen LogP contribution in [0.15, 0.2) is 53.4 Å². The quantitative estimate of drug-likeness (QED) is 0.640. The number of carbonyl (C=O) groups is 2. The van der Waals surface area contributed by atoms with Crippen LogP contribution in [0.25, 0.3) is 0 Å². The minimum absolute atomic E-state index is 0.0569. The second kappa shape index (κ2) is 7.97. The number of hydrogen-bond acceptors (Lipinski definition) is 3. The molecule has 0 spiro atoms. The van der Waals surface area contributed by atoms with E-state index in [4.69, 9.17) is 0 Å². The molecule has 0 heterocycles. The van der Waals surface area contributed by atoms with E-state index in [1.165, 1.54) is 12.5 Å². The van der Waals surface area contributed by atoms with Crippen molar-refractivity contribution < 1.29 is 9.59 Å². The molecule has 4 heteroatoms. The summed E-state index contributed by atoms with van der Waals surface area (Å²) in [6.45, 7) is 5.46. The van der Waals surface area contributed by atoms with Crippen molar-refractivity contribution >= 4 is 23.5 Å². The Labute approximate surface area is 141 Å². The third kappa shape index (κ3) is 5.25. The maximum Gasteiger partial charge on any atom is 0.217 e. The van der Waals surface area contributed by atoms with Crippen LogP contribution in [0.5, 0.6) is 0 Å². The van der Waals surface area contributed by atoms with E-state index in [1.54, 1.807) is 11.8 Å². The second-order valence-electron chi connectivity index (χ2n) is 5.57. The van der Waals surface area contributed by atoms with Crippen molar-refractivity contribution in [3.8, 4) is 0 Å². The van der Waals surface area contributed by atoms with E-state index in [0.717, 1.165) is 10.5 Å². The fourth-order valence-electron chi connectivity index (χ4n) is 2.21. The van der Waals surface area contributed by atoms with Crippen LogP contribution < -0.4 is 5.32 Å². The number of ketones is 1. The fraction of sp³-hybridized carbons (Fsp3) is 0.263.